The van der Waals surface area contributed by atoms with E-state index in [0.717, 1.165) is 18.3 Å². The number of alkyl halides is 3. The first kappa shape index (κ1) is 13.4. The van der Waals surface area contributed by atoms with Gasteiger partial charge in [0.25, 0.3) is 0 Å². The first-order valence-electron chi connectivity index (χ1n) is 4.40. The summed E-state index contributed by atoms with van der Waals surface area (Å²) in [5, 5.41) is 4.08. The van der Waals surface area contributed by atoms with Crippen molar-refractivity contribution in [2.24, 2.45) is 0 Å². The van der Waals surface area contributed by atoms with Crippen molar-refractivity contribution < 1.29 is 18.0 Å². The number of carbonyl (C=O) groups excluding carboxylic acids is 1. The molecule has 0 spiro atoms. The van der Waals surface area contributed by atoms with E-state index in [0.29, 0.717) is 0 Å². The molecule has 1 rings (SSSR count). The normalized spacial score (nSPS) is 10.8. The molecule has 1 aromatic carbocycles. The van der Waals surface area contributed by atoms with Gasteiger partial charge < -0.3 is 10.6 Å². The SMILES string of the molecule is C=CNC(=O)Nc1ccc(Cl)cc1C(F)(F)F. The van der Waals surface area contributed by atoms with Crippen molar-refractivity contribution in [3.05, 3.63) is 41.6 Å². The predicted molar refractivity (Wildman–Crippen MR) is 58.8 cm³/mol. The van der Waals surface area contributed by atoms with Gasteiger partial charge in [-0.15, -0.1) is 0 Å². The second-order valence-electron chi connectivity index (χ2n) is 2.99. The Morgan fingerprint density at radius 1 is 1.41 bits per heavy atom. The fourth-order valence-corrected chi connectivity index (χ4v) is 1.28. The fourth-order valence-electron chi connectivity index (χ4n) is 1.11. The van der Waals surface area contributed by atoms with E-state index in [4.69, 9.17) is 11.6 Å². The Hall–Kier alpha value is -1.69. The van der Waals surface area contributed by atoms with E-state index in [1.54, 1.807) is 0 Å². The van der Waals surface area contributed by atoms with E-state index in [2.05, 4.69) is 11.9 Å². The lowest BCUT2D eigenvalue weighted by Crippen LogP contribution is -2.25. The van der Waals surface area contributed by atoms with Crippen LogP contribution in [-0.4, -0.2) is 6.03 Å². The molecular formula is C10H8ClF3N2O. The van der Waals surface area contributed by atoms with Crippen LogP contribution in [-0.2, 0) is 6.18 Å². The number of amides is 2. The minimum atomic E-state index is -4.60. The lowest BCUT2D eigenvalue weighted by atomic mass is 10.1. The molecule has 7 heteroatoms. The van der Waals surface area contributed by atoms with Gasteiger partial charge >= 0.3 is 12.2 Å². The average molecular weight is 265 g/mol. The summed E-state index contributed by atoms with van der Waals surface area (Å²) in [6.07, 6.45) is -3.54. The second-order valence-corrected chi connectivity index (χ2v) is 3.43. The minimum absolute atomic E-state index is 0.0630. The first-order valence-corrected chi connectivity index (χ1v) is 4.77. The van der Waals surface area contributed by atoms with Crippen LogP contribution in [0.4, 0.5) is 23.7 Å². The molecule has 0 saturated heterocycles. The third kappa shape index (κ3) is 3.67. The third-order valence-corrected chi connectivity index (χ3v) is 2.00. The van der Waals surface area contributed by atoms with Gasteiger partial charge in [0.05, 0.1) is 11.3 Å². The smallest absolute Gasteiger partial charge is 0.315 e. The molecule has 0 saturated carbocycles. The monoisotopic (exact) mass is 264 g/mol. The summed E-state index contributed by atoms with van der Waals surface area (Å²) < 4.78 is 37.8. The predicted octanol–water partition coefficient (Wildman–Crippen LogP) is 3.62. The van der Waals surface area contributed by atoms with E-state index in [9.17, 15) is 18.0 Å². The first-order chi connectivity index (χ1) is 7.84. The number of hydrogen-bond acceptors (Lipinski definition) is 1. The molecular weight excluding hydrogens is 257 g/mol. The van der Waals surface area contributed by atoms with Gasteiger partial charge in [0.1, 0.15) is 0 Å². The number of hydrogen-bond donors (Lipinski definition) is 2. The number of benzene rings is 1. The molecule has 0 aliphatic rings. The maximum Gasteiger partial charge on any atom is 0.418 e. The van der Waals surface area contributed by atoms with Crippen LogP contribution in [0.3, 0.4) is 0 Å². The Balaban J connectivity index is 3.07. The summed E-state index contributed by atoms with van der Waals surface area (Å²) >= 11 is 5.48. The molecule has 0 unspecified atom stereocenters. The summed E-state index contributed by atoms with van der Waals surface area (Å²) in [7, 11) is 0. The van der Waals surface area contributed by atoms with E-state index in [1.807, 2.05) is 5.32 Å². The summed E-state index contributed by atoms with van der Waals surface area (Å²) in [5.41, 5.74) is -1.38. The molecule has 2 amide bonds. The van der Waals surface area contributed by atoms with Crippen molar-refractivity contribution in [2.75, 3.05) is 5.32 Å². The quantitative estimate of drug-likeness (QED) is 0.841. The number of anilines is 1. The van der Waals surface area contributed by atoms with Gasteiger partial charge in [0.15, 0.2) is 0 Å². The van der Waals surface area contributed by atoms with Gasteiger partial charge in [0.2, 0.25) is 0 Å². The van der Waals surface area contributed by atoms with Crippen LogP contribution in [0.15, 0.2) is 31.0 Å². The van der Waals surface area contributed by atoms with Crippen molar-refractivity contribution in [3.8, 4) is 0 Å². The van der Waals surface area contributed by atoms with Crippen molar-refractivity contribution in [2.45, 2.75) is 6.18 Å². The second kappa shape index (κ2) is 5.09. The van der Waals surface area contributed by atoms with Crippen molar-refractivity contribution in [3.63, 3.8) is 0 Å². The maximum absolute atomic E-state index is 12.6. The van der Waals surface area contributed by atoms with E-state index >= 15 is 0 Å². The number of urea groups is 1. The van der Waals surface area contributed by atoms with Crippen molar-refractivity contribution in [1.29, 1.82) is 0 Å². The molecule has 0 bridgehead atoms. The number of nitrogens with one attached hydrogen (secondary N) is 2. The van der Waals surface area contributed by atoms with Gasteiger partial charge in [0, 0.05) is 5.02 Å². The molecule has 0 radical (unpaired) electrons. The maximum atomic E-state index is 12.6. The molecule has 0 aromatic heterocycles. The zero-order chi connectivity index (χ0) is 13.1. The Bertz CT molecular complexity index is 446. The minimum Gasteiger partial charge on any atom is -0.315 e. The Labute approximate surface area is 100 Å². The molecule has 0 aliphatic heterocycles. The average Bonchev–Trinajstić information content (AvgIpc) is 2.19. The fraction of sp³-hybridized carbons (Fsp3) is 0.100. The summed E-state index contributed by atoms with van der Waals surface area (Å²) in [6, 6.07) is 2.26. The number of rotatable bonds is 2. The summed E-state index contributed by atoms with van der Waals surface area (Å²) in [6.45, 7) is 3.21. The largest absolute Gasteiger partial charge is 0.418 e. The highest BCUT2D eigenvalue weighted by atomic mass is 35.5. The van der Waals surface area contributed by atoms with Gasteiger partial charge in [-0.05, 0) is 24.4 Å². The van der Waals surface area contributed by atoms with E-state index in [1.165, 1.54) is 6.07 Å². The molecule has 0 fully saturated rings. The zero-order valence-electron chi connectivity index (χ0n) is 8.44. The molecule has 1 aromatic rings. The van der Waals surface area contributed by atoms with Gasteiger partial charge in [-0.2, -0.15) is 13.2 Å². The highest BCUT2D eigenvalue weighted by molar-refractivity contribution is 6.30. The van der Waals surface area contributed by atoms with Crippen LogP contribution in [0, 0.1) is 0 Å². The van der Waals surface area contributed by atoms with Crippen molar-refractivity contribution >= 4 is 23.3 Å². The molecule has 92 valence electrons. The molecule has 2 N–H and O–H groups in total. The zero-order valence-corrected chi connectivity index (χ0v) is 9.19. The molecule has 3 nitrogen and oxygen atoms in total. The standard InChI is InChI=1S/C10H8ClF3N2O/c1-2-15-9(17)16-8-4-3-6(11)5-7(8)10(12,13)14/h2-5H,1H2,(H2,15,16,17). The van der Waals surface area contributed by atoms with Gasteiger partial charge in [-0.1, -0.05) is 18.2 Å². The van der Waals surface area contributed by atoms with Crippen LogP contribution < -0.4 is 10.6 Å². The van der Waals surface area contributed by atoms with Crippen LogP contribution in [0.1, 0.15) is 5.56 Å². The third-order valence-electron chi connectivity index (χ3n) is 1.77. The molecule has 0 heterocycles. The van der Waals surface area contributed by atoms with Crippen molar-refractivity contribution in [1.82, 2.24) is 5.32 Å². The summed E-state index contributed by atoms with van der Waals surface area (Å²) in [4.78, 5) is 11.1. The highest BCUT2D eigenvalue weighted by Crippen LogP contribution is 2.36. The van der Waals surface area contributed by atoms with Crippen LogP contribution in [0.5, 0.6) is 0 Å². The Kier molecular flexibility index (Phi) is 4.01. The molecule has 0 atom stereocenters. The topological polar surface area (TPSA) is 41.1 Å². The number of halogens is 4. The van der Waals surface area contributed by atoms with Crippen LogP contribution >= 0.6 is 11.6 Å². The highest BCUT2D eigenvalue weighted by Gasteiger charge is 2.34. The lowest BCUT2D eigenvalue weighted by Gasteiger charge is -2.13. The number of carbonyl (C=O) groups is 1. The molecule has 0 aliphatic carbocycles. The lowest BCUT2D eigenvalue weighted by molar-refractivity contribution is -0.136. The van der Waals surface area contributed by atoms with E-state index in [-0.39, 0.29) is 10.7 Å². The van der Waals surface area contributed by atoms with Gasteiger partial charge in [-0.3, -0.25) is 0 Å². The van der Waals surface area contributed by atoms with E-state index < -0.39 is 17.8 Å². The van der Waals surface area contributed by atoms with Gasteiger partial charge in [-0.25, -0.2) is 4.79 Å². The van der Waals surface area contributed by atoms with Crippen LogP contribution in [0.2, 0.25) is 5.02 Å². The molecule has 17 heavy (non-hydrogen) atoms. The summed E-state index contributed by atoms with van der Waals surface area (Å²) in [5.74, 6) is 0. The Morgan fingerprint density at radius 2 is 2.06 bits per heavy atom. The van der Waals surface area contributed by atoms with Crippen LogP contribution in [0.25, 0.3) is 0 Å². The Morgan fingerprint density at radius 3 is 2.59 bits per heavy atom.